The average Bonchev–Trinajstić information content (AvgIpc) is 3.62. The first kappa shape index (κ1) is 28.2. The summed E-state index contributed by atoms with van der Waals surface area (Å²) in [5.41, 5.74) is 5.65. The molecule has 3 amide bonds. The lowest BCUT2D eigenvalue weighted by Crippen LogP contribution is -2.50. The number of likely N-dealkylation sites (N-methyl/N-ethyl adjacent to an activating group) is 1. The standard InChI is InChI=1S/C30H30F3N7O4/c1-39-10-12-40(13-11-39)23-5-2-17(14-21(23)30(31,32)33)35-28(42)37-38-29-16-22(29)20-15-18(3-6-25(20)44-29)43-24-8-9-34-27-19(24)4-7-26(41)36-27/h2-3,5-6,8-9,14-15,22,38H,4,7,10-13,16H2,1H3,(H,34,36,41)(H2,35,37,42)/t22-,29-/m1/s1. The van der Waals surface area contributed by atoms with Crippen LogP contribution < -0.4 is 35.9 Å². The molecule has 4 N–H and O–H groups in total. The zero-order chi connectivity index (χ0) is 30.6. The van der Waals surface area contributed by atoms with Crippen molar-refractivity contribution < 1.29 is 32.2 Å². The van der Waals surface area contributed by atoms with Crippen LogP contribution in [0.3, 0.4) is 0 Å². The summed E-state index contributed by atoms with van der Waals surface area (Å²) in [4.78, 5) is 32.4. The van der Waals surface area contributed by atoms with Crippen molar-refractivity contribution in [1.82, 2.24) is 20.7 Å². The molecule has 0 bridgehead atoms. The molecule has 4 heterocycles. The van der Waals surface area contributed by atoms with Crippen LogP contribution in [-0.4, -0.2) is 60.8 Å². The van der Waals surface area contributed by atoms with Gasteiger partial charge in [0.2, 0.25) is 5.91 Å². The number of anilines is 3. The minimum absolute atomic E-state index is 0.0228. The summed E-state index contributed by atoms with van der Waals surface area (Å²) in [6, 6.07) is 10.3. The summed E-state index contributed by atoms with van der Waals surface area (Å²) in [5, 5.41) is 5.25. The first-order valence-electron chi connectivity index (χ1n) is 14.4. The van der Waals surface area contributed by atoms with Crippen molar-refractivity contribution in [1.29, 1.82) is 0 Å². The predicted octanol–water partition coefficient (Wildman–Crippen LogP) is 4.43. The van der Waals surface area contributed by atoms with E-state index in [0.717, 1.165) is 17.2 Å². The van der Waals surface area contributed by atoms with Gasteiger partial charge in [-0.25, -0.2) is 9.78 Å². The molecule has 1 aliphatic carbocycles. The predicted molar refractivity (Wildman–Crippen MR) is 155 cm³/mol. The van der Waals surface area contributed by atoms with Gasteiger partial charge in [0.25, 0.3) is 0 Å². The van der Waals surface area contributed by atoms with Gasteiger partial charge in [-0.3, -0.25) is 10.2 Å². The van der Waals surface area contributed by atoms with Crippen LogP contribution in [0.4, 0.5) is 35.2 Å². The van der Waals surface area contributed by atoms with E-state index in [-0.39, 0.29) is 23.2 Å². The van der Waals surface area contributed by atoms with Crippen LogP contribution in [0.5, 0.6) is 17.2 Å². The van der Waals surface area contributed by atoms with Crippen molar-refractivity contribution in [3.8, 4) is 17.2 Å². The Bertz CT molecular complexity index is 1640. The molecule has 4 aliphatic rings. The number of amides is 3. The molecule has 2 aromatic carbocycles. The number of carbonyl (C=O) groups excluding carboxylic acids is 2. The molecule has 3 aromatic rings. The molecule has 3 aliphatic heterocycles. The minimum atomic E-state index is -4.58. The lowest BCUT2D eigenvalue weighted by atomic mass is 10.1. The Morgan fingerprint density at radius 2 is 1.93 bits per heavy atom. The Morgan fingerprint density at radius 1 is 1.11 bits per heavy atom. The lowest BCUT2D eigenvalue weighted by Gasteiger charge is -2.35. The fourth-order valence-corrected chi connectivity index (χ4v) is 6.00. The van der Waals surface area contributed by atoms with Crippen molar-refractivity contribution in [2.45, 2.75) is 37.1 Å². The van der Waals surface area contributed by atoms with E-state index in [1.165, 1.54) is 12.1 Å². The average molecular weight is 610 g/mol. The molecule has 44 heavy (non-hydrogen) atoms. The van der Waals surface area contributed by atoms with Crippen LogP contribution in [0.25, 0.3) is 0 Å². The quantitative estimate of drug-likeness (QED) is 0.303. The Labute approximate surface area is 250 Å². The second kappa shape index (κ2) is 10.6. The van der Waals surface area contributed by atoms with Gasteiger partial charge in [0, 0.05) is 73.6 Å². The number of pyridine rings is 1. The number of nitrogens with zero attached hydrogens (tertiary/aromatic N) is 3. The summed E-state index contributed by atoms with van der Waals surface area (Å²) in [7, 11) is 1.94. The van der Waals surface area contributed by atoms with E-state index < -0.39 is 23.5 Å². The Kier molecular flexibility index (Phi) is 6.77. The number of aromatic nitrogens is 1. The zero-order valence-electron chi connectivity index (χ0n) is 23.8. The van der Waals surface area contributed by atoms with Crippen LogP contribution in [0.2, 0.25) is 0 Å². The van der Waals surface area contributed by atoms with Crippen molar-refractivity contribution in [3.05, 3.63) is 65.4 Å². The number of piperazine rings is 1. The summed E-state index contributed by atoms with van der Waals surface area (Å²) < 4.78 is 54.1. The number of urea groups is 1. The number of halogens is 3. The largest absolute Gasteiger partial charge is 0.470 e. The van der Waals surface area contributed by atoms with E-state index in [2.05, 4.69) is 31.4 Å². The lowest BCUT2D eigenvalue weighted by molar-refractivity contribution is -0.137. The summed E-state index contributed by atoms with van der Waals surface area (Å²) in [5.74, 6) is 2.19. The highest BCUT2D eigenvalue weighted by Crippen LogP contribution is 2.60. The first-order chi connectivity index (χ1) is 21.1. The molecular weight excluding hydrogens is 579 g/mol. The van der Waals surface area contributed by atoms with Gasteiger partial charge in [-0.1, -0.05) is 0 Å². The number of hydrazine groups is 1. The van der Waals surface area contributed by atoms with E-state index >= 15 is 0 Å². The van der Waals surface area contributed by atoms with Crippen LogP contribution in [0.15, 0.2) is 48.7 Å². The van der Waals surface area contributed by atoms with Gasteiger partial charge < -0.3 is 29.9 Å². The smallest absolute Gasteiger partial charge is 0.418 e. The Morgan fingerprint density at radius 3 is 2.73 bits per heavy atom. The number of ether oxygens (including phenoxy) is 2. The van der Waals surface area contributed by atoms with Gasteiger partial charge in [-0.15, -0.1) is 0 Å². The number of rotatable bonds is 6. The number of benzene rings is 2. The van der Waals surface area contributed by atoms with Crippen molar-refractivity contribution >= 4 is 29.1 Å². The SMILES string of the molecule is CN1CCN(c2ccc(NC(=O)NN[C@@]34C[C@@H]3c3cc(Oc5ccnc6c5CCC(=O)N6)ccc3O4)cc2C(F)(F)F)CC1. The van der Waals surface area contributed by atoms with Gasteiger partial charge in [-0.2, -0.15) is 18.6 Å². The third-order valence-corrected chi connectivity index (χ3v) is 8.45. The number of alkyl halides is 3. The maximum atomic E-state index is 14.0. The van der Waals surface area contributed by atoms with Gasteiger partial charge in [0.1, 0.15) is 23.1 Å². The fourth-order valence-electron chi connectivity index (χ4n) is 6.00. The van der Waals surface area contributed by atoms with Gasteiger partial charge in [0.05, 0.1) is 5.56 Å². The molecule has 0 spiro atoms. The van der Waals surface area contributed by atoms with E-state index in [9.17, 15) is 22.8 Å². The normalized spacial score (nSPS) is 22.2. The molecule has 2 atom stereocenters. The van der Waals surface area contributed by atoms with Crippen LogP contribution in [-0.2, 0) is 17.4 Å². The minimum Gasteiger partial charge on any atom is -0.470 e. The first-order valence-corrected chi connectivity index (χ1v) is 14.4. The molecule has 7 rings (SSSR count). The topological polar surface area (TPSA) is 120 Å². The Balaban J connectivity index is 0.985. The molecule has 0 radical (unpaired) electrons. The summed E-state index contributed by atoms with van der Waals surface area (Å²) in [6.45, 7) is 2.31. The summed E-state index contributed by atoms with van der Waals surface area (Å²) in [6.07, 6.45) is -1.54. The highest BCUT2D eigenvalue weighted by Gasteiger charge is 2.63. The maximum Gasteiger partial charge on any atom is 0.418 e. The van der Waals surface area contributed by atoms with Crippen LogP contribution in [0, 0.1) is 0 Å². The number of hydrogen-bond donors (Lipinski definition) is 4. The molecule has 1 aromatic heterocycles. The second-order valence-electron chi connectivity index (χ2n) is 11.5. The molecule has 230 valence electrons. The van der Waals surface area contributed by atoms with E-state index in [4.69, 9.17) is 9.47 Å². The molecule has 11 nitrogen and oxygen atoms in total. The number of carbonyl (C=O) groups is 2. The summed E-state index contributed by atoms with van der Waals surface area (Å²) >= 11 is 0. The van der Waals surface area contributed by atoms with Crippen molar-refractivity contribution in [2.24, 2.45) is 0 Å². The zero-order valence-corrected chi connectivity index (χ0v) is 23.8. The highest BCUT2D eigenvalue weighted by atomic mass is 19.4. The van der Waals surface area contributed by atoms with Crippen molar-refractivity contribution in [2.75, 3.05) is 48.8 Å². The van der Waals surface area contributed by atoms with E-state index in [0.29, 0.717) is 68.5 Å². The van der Waals surface area contributed by atoms with E-state index in [1.54, 1.807) is 29.3 Å². The number of fused-ring (bicyclic) bond motifs is 4. The Hall–Kier alpha value is -4.56. The third-order valence-electron chi connectivity index (χ3n) is 8.45. The number of nitrogens with one attached hydrogen (secondary N) is 4. The fraction of sp³-hybridized carbons (Fsp3) is 0.367. The second-order valence-corrected chi connectivity index (χ2v) is 11.5. The maximum absolute atomic E-state index is 14.0. The molecule has 1 saturated heterocycles. The van der Waals surface area contributed by atoms with Gasteiger partial charge in [-0.05, 0) is 55.9 Å². The molecule has 14 heteroatoms. The van der Waals surface area contributed by atoms with Crippen LogP contribution >= 0.6 is 0 Å². The monoisotopic (exact) mass is 609 g/mol. The third kappa shape index (κ3) is 5.35. The molecule has 0 unspecified atom stereocenters. The van der Waals surface area contributed by atoms with Crippen molar-refractivity contribution in [3.63, 3.8) is 0 Å². The number of hydrogen-bond acceptors (Lipinski definition) is 8. The molecule has 1 saturated carbocycles. The van der Waals surface area contributed by atoms with Gasteiger partial charge in [0.15, 0.2) is 5.72 Å². The van der Waals surface area contributed by atoms with Crippen LogP contribution in [0.1, 0.15) is 35.4 Å². The molecule has 2 fully saturated rings. The van der Waals surface area contributed by atoms with Gasteiger partial charge >= 0.3 is 12.2 Å². The molecular formula is C30H30F3N7O4. The van der Waals surface area contributed by atoms with E-state index in [1.807, 2.05) is 13.1 Å². The highest BCUT2D eigenvalue weighted by molar-refractivity contribution is 5.93.